The van der Waals surface area contributed by atoms with E-state index in [2.05, 4.69) is 33.0 Å². The molecular weight excluding hydrogens is 326 g/mol. The fraction of sp³-hybridized carbons (Fsp3) is 0.636. The fourth-order valence-electron chi connectivity index (χ4n) is 3.62. The van der Waals surface area contributed by atoms with Crippen molar-refractivity contribution in [2.45, 2.75) is 66.7 Å². The summed E-state index contributed by atoms with van der Waals surface area (Å²) in [7, 11) is 1.61. The van der Waals surface area contributed by atoms with E-state index in [9.17, 15) is 9.59 Å². The van der Waals surface area contributed by atoms with Gasteiger partial charge in [0.05, 0.1) is 7.11 Å². The third-order valence-corrected chi connectivity index (χ3v) is 4.63. The Hall–Kier alpha value is -1.84. The molecule has 4 nitrogen and oxygen atoms in total. The number of ether oxygens (including phenoxy) is 1. The van der Waals surface area contributed by atoms with Crippen molar-refractivity contribution in [2.75, 3.05) is 13.7 Å². The first-order valence-corrected chi connectivity index (χ1v) is 9.46. The van der Waals surface area contributed by atoms with Crippen LogP contribution < -0.4 is 10.1 Å². The van der Waals surface area contributed by atoms with E-state index in [-0.39, 0.29) is 22.5 Å². The molecule has 1 atom stereocenters. The van der Waals surface area contributed by atoms with Gasteiger partial charge in [-0.15, -0.1) is 0 Å². The van der Waals surface area contributed by atoms with Gasteiger partial charge in [-0.25, -0.2) is 0 Å². The number of hydrogen-bond donors (Lipinski definition) is 1. The molecule has 26 heavy (non-hydrogen) atoms. The quantitative estimate of drug-likeness (QED) is 0.596. The molecule has 146 valence electrons. The van der Waals surface area contributed by atoms with Gasteiger partial charge in [0.2, 0.25) is 0 Å². The van der Waals surface area contributed by atoms with Gasteiger partial charge >= 0.3 is 0 Å². The highest BCUT2D eigenvalue weighted by Crippen LogP contribution is 2.40. The monoisotopic (exact) mass is 361 g/mol. The minimum atomic E-state index is -0.0612. The van der Waals surface area contributed by atoms with Gasteiger partial charge in [-0.05, 0) is 67.7 Å². The van der Waals surface area contributed by atoms with E-state index >= 15 is 0 Å². The molecule has 0 aliphatic heterocycles. The first-order valence-electron chi connectivity index (χ1n) is 9.46. The Balaban J connectivity index is 2.52. The summed E-state index contributed by atoms with van der Waals surface area (Å²) in [5, 5.41) is 2.99. The SMILES string of the molecule is COc1ccc(C(=O)NCCCC(C)(CCC(C)=O)CC(C)(C)C)cc1. The van der Waals surface area contributed by atoms with Gasteiger partial charge in [0.25, 0.3) is 5.91 Å². The minimum Gasteiger partial charge on any atom is -0.497 e. The molecule has 4 heteroatoms. The van der Waals surface area contributed by atoms with Gasteiger partial charge in [0.15, 0.2) is 0 Å². The topological polar surface area (TPSA) is 55.4 Å². The van der Waals surface area contributed by atoms with E-state index in [1.807, 2.05) is 0 Å². The van der Waals surface area contributed by atoms with E-state index in [0.29, 0.717) is 18.5 Å². The molecule has 0 aromatic heterocycles. The van der Waals surface area contributed by atoms with Crippen LogP contribution in [0.3, 0.4) is 0 Å². The summed E-state index contributed by atoms with van der Waals surface area (Å²) in [6.07, 6.45) is 4.52. The standard InChI is InChI=1S/C22H35NO3/c1-17(24)12-14-22(5,16-21(2,3)4)13-7-15-23-20(25)18-8-10-19(26-6)11-9-18/h8-11H,7,12-16H2,1-6H3,(H,23,25). The molecule has 0 aliphatic carbocycles. The number of ketones is 1. The maximum atomic E-state index is 12.2. The molecule has 0 heterocycles. The zero-order valence-corrected chi connectivity index (χ0v) is 17.3. The highest BCUT2D eigenvalue weighted by Gasteiger charge is 2.29. The lowest BCUT2D eigenvalue weighted by atomic mass is 9.70. The third-order valence-electron chi connectivity index (χ3n) is 4.63. The smallest absolute Gasteiger partial charge is 0.251 e. The number of benzene rings is 1. The van der Waals surface area contributed by atoms with Crippen molar-refractivity contribution in [3.05, 3.63) is 29.8 Å². The van der Waals surface area contributed by atoms with Crippen LogP contribution in [0.2, 0.25) is 0 Å². The van der Waals surface area contributed by atoms with Crippen LogP contribution in [0.15, 0.2) is 24.3 Å². The van der Waals surface area contributed by atoms with Gasteiger partial charge < -0.3 is 14.8 Å². The van der Waals surface area contributed by atoms with Gasteiger partial charge in [-0.1, -0.05) is 27.7 Å². The molecule has 1 amide bonds. The second-order valence-corrected chi connectivity index (χ2v) is 8.84. The largest absolute Gasteiger partial charge is 0.497 e. The molecule has 1 unspecified atom stereocenters. The van der Waals surface area contributed by atoms with Crippen LogP contribution in [0.5, 0.6) is 5.75 Å². The van der Waals surface area contributed by atoms with E-state index in [0.717, 1.165) is 31.4 Å². The van der Waals surface area contributed by atoms with E-state index in [4.69, 9.17) is 4.74 Å². The van der Waals surface area contributed by atoms with Crippen molar-refractivity contribution in [3.8, 4) is 5.75 Å². The van der Waals surface area contributed by atoms with Crippen LogP contribution in [0.1, 0.15) is 77.1 Å². The summed E-state index contributed by atoms with van der Waals surface area (Å²) < 4.78 is 5.11. The molecule has 0 fully saturated rings. The summed E-state index contributed by atoms with van der Waals surface area (Å²) in [5.41, 5.74) is 0.979. The number of Topliss-reactive ketones (excluding diaryl/α,β-unsaturated/α-hetero) is 1. The first-order chi connectivity index (χ1) is 12.0. The summed E-state index contributed by atoms with van der Waals surface area (Å²) in [6, 6.07) is 7.11. The Bertz CT molecular complexity index is 586. The molecule has 0 aliphatic rings. The number of carbonyl (C=O) groups excluding carboxylic acids is 2. The predicted molar refractivity (Wildman–Crippen MR) is 107 cm³/mol. The Morgan fingerprint density at radius 1 is 1.04 bits per heavy atom. The molecule has 1 aromatic rings. The summed E-state index contributed by atoms with van der Waals surface area (Å²) >= 11 is 0. The summed E-state index contributed by atoms with van der Waals surface area (Å²) in [6.45, 7) is 11.3. The zero-order chi connectivity index (χ0) is 19.8. The molecule has 0 saturated carbocycles. The maximum Gasteiger partial charge on any atom is 0.251 e. The van der Waals surface area contributed by atoms with Crippen LogP contribution in [0, 0.1) is 10.8 Å². The van der Waals surface area contributed by atoms with Crippen LogP contribution in [0.4, 0.5) is 0 Å². The lowest BCUT2D eigenvalue weighted by Crippen LogP contribution is -2.28. The number of methoxy groups -OCH3 is 1. The second-order valence-electron chi connectivity index (χ2n) is 8.84. The first kappa shape index (κ1) is 22.2. The second kappa shape index (κ2) is 9.75. The van der Waals surface area contributed by atoms with Crippen molar-refractivity contribution in [1.82, 2.24) is 5.32 Å². The molecule has 1 aromatic carbocycles. The molecule has 0 radical (unpaired) electrons. The molecular formula is C22H35NO3. The number of hydrogen-bond acceptors (Lipinski definition) is 3. The van der Waals surface area contributed by atoms with Crippen LogP contribution in [-0.2, 0) is 4.79 Å². The van der Waals surface area contributed by atoms with Crippen molar-refractivity contribution in [3.63, 3.8) is 0 Å². The van der Waals surface area contributed by atoms with Crippen molar-refractivity contribution in [1.29, 1.82) is 0 Å². The van der Waals surface area contributed by atoms with Gasteiger partial charge in [0, 0.05) is 18.5 Å². The Labute approximate surface area is 158 Å². The highest BCUT2D eigenvalue weighted by molar-refractivity contribution is 5.94. The van der Waals surface area contributed by atoms with Crippen molar-refractivity contribution in [2.24, 2.45) is 10.8 Å². The Morgan fingerprint density at radius 3 is 2.15 bits per heavy atom. The van der Waals surface area contributed by atoms with E-state index in [1.165, 1.54) is 0 Å². The van der Waals surface area contributed by atoms with Gasteiger partial charge in [0.1, 0.15) is 11.5 Å². The number of amides is 1. The number of nitrogens with one attached hydrogen (secondary N) is 1. The normalized spacial score (nSPS) is 13.8. The zero-order valence-electron chi connectivity index (χ0n) is 17.3. The fourth-order valence-corrected chi connectivity index (χ4v) is 3.62. The summed E-state index contributed by atoms with van der Waals surface area (Å²) in [5.74, 6) is 0.928. The van der Waals surface area contributed by atoms with Crippen LogP contribution >= 0.6 is 0 Å². The minimum absolute atomic E-state index is 0.0612. The summed E-state index contributed by atoms with van der Waals surface area (Å²) in [4.78, 5) is 23.6. The van der Waals surface area contributed by atoms with Crippen LogP contribution in [0.25, 0.3) is 0 Å². The average Bonchev–Trinajstić information content (AvgIpc) is 2.55. The average molecular weight is 362 g/mol. The number of carbonyl (C=O) groups is 2. The molecule has 0 saturated heterocycles. The predicted octanol–water partition coefficient (Wildman–Crippen LogP) is 5.02. The van der Waals surface area contributed by atoms with Crippen molar-refractivity contribution >= 4 is 11.7 Å². The molecule has 0 spiro atoms. The van der Waals surface area contributed by atoms with Crippen LogP contribution in [-0.4, -0.2) is 25.3 Å². The van der Waals surface area contributed by atoms with Gasteiger partial charge in [-0.2, -0.15) is 0 Å². The highest BCUT2D eigenvalue weighted by atomic mass is 16.5. The van der Waals surface area contributed by atoms with Crippen molar-refractivity contribution < 1.29 is 14.3 Å². The van der Waals surface area contributed by atoms with E-state index in [1.54, 1.807) is 38.3 Å². The molecule has 1 rings (SSSR count). The third kappa shape index (κ3) is 8.50. The Morgan fingerprint density at radius 2 is 1.65 bits per heavy atom. The Kier molecular flexibility index (Phi) is 8.32. The molecule has 1 N–H and O–H groups in total. The number of rotatable bonds is 10. The maximum absolute atomic E-state index is 12.2. The lowest BCUT2D eigenvalue weighted by Gasteiger charge is -2.36. The van der Waals surface area contributed by atoms with E-state index < -0.39 is 0 Å². The van der Waals surface area contributed by atoms with Gasteiger partial charge in [-0.3, -0.25) is 4.79 Å². The lowest BCUT2D eigenvalue weighted by molar-refractivity contribution is -0.117. The molecule has 0 bridgehead atoms.